The summed E-state index contributed by atoms with van der Waals surface area (Å²) in [5.74, 6) is -1.05. The Hall–Kier alpha value is -1.24. The quantitative estimate of drug-likeness (QED) is 0.843. The molecule has 14 heavy (non-hydrogen) atoms. The van der Waals surface area contributed by atoms with Crippen LogP contribution in [0.4, 0.5) is 8.78 Å². The van der Waals surface area contributed by atoms with E-state index >= 15 is 0 Å². The lowest BCUT2D eigenvalue weighted by Gasteiger charge is -2.04. The number of nitrogens with one attached hydrogen (secondary N) is 1. The molecule has 0 saturated heterocycles. The third kappa shape index (κ3) is 1.82. The number of pyridine rings is 1. The first-order valence-electron chi connectivity index (χ1n) is 3.44. The molecular formula is C7H5BrF2N2O2. The van der Waals surface area contributed by atoms with Crippen molar-refractivity contribution in [3.8, 4) is 0 Å². The third-order valence-corrected chi connectivity index (χ3v) is 2.39. The minimum absolute atomic E-state index is 0.260. The number of aromatic nitrogens is 1. The van der Waals surface area contributed by atoms with E-state index in [1.54, 1.807) is 0 Å². The first kappa shape index (κ1) is 10.8. The van der Waals surface area contributed by atoms with Crippen LogP contribution in [0.3, 0.4) is 0 Å². The summed E-state index contributed by atoms with van der Waals surface area (Å²) in [6.45, 7) is 0. The van der Waals surface area contributed by atoms with Crippen molar-refractivity contribution in [1.82, 2.24) is 4.98 Å². The highest BCUT2D eigenvalue weighted by Crippen LogP contribution is 2.27. The molecule has 0 saturated carbocycles. The molecule has 1 amide bonds. The molecule has 0 aliphatic carbocycles. The van der Waals surface area contributed by atoms with Crippen LogP contribution in [0.15, 0.2) is 15.5 Å². The predicted octanol–water partition coefficient (Wildman–Crippen LogP) is 1.17. The van der Waals surface area contributed by atoms with Gasteiger partial charge in [0.2, 0.25) is 0 Å². The normalized spacial score (nSPS) is 10.6. The lowest BCUT2D eigenvalue weighted by Crippen LogP contribution is -2.24. The SMILES string of the molecule is NC(=O)c1c(Br)c(C(F)F)c[nH]c1=O. The van der Waals surface area contributed by atoms with E-state index in [4.69, 9.17) is 5.73 Å². The first-order valence-corrected chi connectivity index (χ1v) is 4.23. The monoisotopic (exact) mass is 266 g/mol. The highest BCUT2D eigenvalue weighted by molar-refractivity contribution is 9.10. The molecule has 1 aromatic heterocycles. The average molecular weight is 267 g/mol. The van der Waals surface area contributed by atoms with Crippen LogP contribution >= 0.6 is 15.9 Å². The second kappa shape index (κ2) is 3.87. The minimum atomic E-state index is -2.79. The van der Waals surface area contributed by atoms with E-state index in [1.165, 1.54) is 0 Å². The van der Waals surface area contributed by atoms with Crippen LogP contribution in [-0.4, -0.2) is 10.9 Å². The van der Waals surface area contributed by atoms with Crippen LogP contribution in [0.5, 0.6) is 0 Å². The Labute approximate surface area is 85.2 Å². The summed E-state index contributed by atoms with van der Waals surface area (Å²) < 4.78 is 24.3. The fourth-order valence-corrected chi connectivity index (χ4v) is 1.56. The van der Waals surface area contributed by atoms with Crippen molar-refractivity contribution < 1.29 is 13.6 Å². The Bertz CT molecular complexity index is 430. The Balaban J connectivity index is 3.49. The number of hydrogen-bond acceptors (Lipinski definition) is 2. The molecule has 0 unspecified atom stereocenters. The molecule has 4 nitrogen and oxygen atoms in total. The standard InChI is InChI=1S/C7H5BrF2N2O2/c8-4-2(5(9)10)1-12-7(14)3(4)6(11)13/h1,5H,(H2,11,13)(H,12,14). The zero-order valence-corrected chi connectivity index (χ0v) is 8.27. The van der Waals surface area contributed by atoms with Gasteiger partial charge in [-0.3, -0.25) is 9.59 Å². The van der Waals surface area contributed by atoms with Crippen LogP contribution in [-0.2, 0) is 0 Å². The van der Waals surface area contributed by atoms with Crippen molar-refractivity contribution in [1.29, 1.82) is 0 Å². The number of aromatic amines is 1. The molecule has 3 N–H and O–H groups in total. The molecule has 0 radical (unpaired) electrons. The van der Waals surface area contributed by atoms with Gasteiger partial charge in [0.15, 0.2) is 0 Å². The number of primary amides is 1. The van der Waals surface area contributed by atoms with E-state index in [2.05, 4.69) is 15.9 Å². The van der Waals surface area contributed by atoms with Gasteiger partial charge in [0, 0.05) is 16.2 Å². The second-order valence-corrected chi connectivity index (χ2v) is 3.22. The molecule has 0 atom stereocenters. The van der Waals surface area contributed by atoms with Crippen molar-refractivity contribution >= 4 is 21.8 Å². The van der Waals surface area contributed by atoms with Crippen LogP contribution in [0.25, 0.3) is 0 Å². The Morgan fingerprint density at radius 3 is 2.57 bits per heavy atom. The van der Waals surface area contributed by atoms with Crippen molar-refractivity contribution in [2.45, 2.75) is 6.43 Å². The fraction of sp³-hybridized carbons (Fsp3) is 0.143. The van der Waals surface area contributed by atoms with Gasteiger partial charge in [-0.15, -0.1) is 0 Å². The average Bonchev–Trinajstić information content (AvgIpc) is 2.02. The number of H-pyrrole nitrogens is 1. The third-order valence-electron chi connectivity index (χ3n) is 1.54. The van der Waals surface area contributed by atoms with E-state index < -0.39 is 29.0 Å². The molecule has 7 heteroatoms. The Morgan fingerprint density at radius 1 is 1.57 bits per heavy atom. The van der Waals surface area contributed by atoms with Gasteiger partial charge in [-0.05, 0) is 15.9 Å². The van der Waals surface area contributed by atoms with Gasteiger partial charge in [-0.2, -0.15) is 0 Å². The minimum Gasteiger partial charge on any atom is -0.365 e. The molecule has 1 heterocycles. The van der Waals surface area contributed by atoms with Crippen LogP contribution in [0.1, 0.15) is 22.3 Å². The Kier molecular flexibility index (Phi) is 3.00. The number of carbonyl (C=O) groups is 1. The highest BCUT2D eigenvalue weighted by atomic mass is 79.9. The molecule has 0 aliphatic rings. The smallest absolute Gasteiger partial charge is 0.266 e. The number of carbonyl (C=O) groups excluding carboxylic acids is 1. The van der Waals surface area contributed by atoms with Gasteiger partial charge in [-0.1, -0.05) is 0 Å². The molecule has 1 rings (SSSR count). The number of amides is 1. The molecule has 76 valence electrons. The number of alkyl halides is 2. The van der Waals surface area contributed by atoms with Crippen LogP contribution in [0, 0.1) is 0 Å². The maximum atomic E-state index is 12.3. The van der Waals surface area contributed by atoms with Gasteiger partial charge in [0.25, 0.3) is 17.9 Å². The van der Waals surface area contributed by atoms with Gasteiger partial charge >= 0.3 is 0 Å². The second-order valence-electron chi connectivity index (χ2n) is 2.43. The van der Waals surface area contributed by atoms with E-state index in [1.807, 2.05) is 4.98 Å². The zero-order valence-electron chi connectivity index (χ0n) is 6.68. The maximum Gasteiger partial charge on any atom is 0.266 e. The van der Waals surface area contributed by atoms with Gasteiger partial charge in [-0.25, -0.2) is 8.78 Å². The first-order chi connectivity index (χ1) is 6.45. The maximum absolute atomic E-state index is 12.3. The summed E-state index contributed by atoms with van der Waals surface area (Å²) in [6, 6.07) is 0. The highest BCUT2D eigenvalue weighted by Gasteiger charge is 2.19. The molecule has 0 bridgehead atoms. The van der Waals surface area contributed by atoms with E-state index in [-0.39, 0.29) is 4.47 Å². The number of nitrogens with two attached hydrogens (primary N) is 1. The fourth-order valence-electron chi connectivity index (χ4n) is 0.902. The van der Waals surface area contributed by atoms with Crippen molar-refractivity contribution in [3.63, 3.8) is 0 Å². The van der Waals surface area contributed by atoms with E-state index in [9.17, 15) is 18.4 Å². The van der Waals surface area contributed by atoms with Crippen molar-refractivity contribution in [3.05, 3.63) is 32.2 Å². The molecule has 0 fully saturated rings. The number of hydrogen-bond donors (Lipinski definition) is 2. The molecular weight excluding hydrogens is 262 g/mol. The number of halogens is 3. The van der Waals surface area contributed by atoms with Crippen molar-refractivity contribution in [2.24, 2.45) is 5.73 Å². The lowest BCUT2D eigenvalue weighted by molar-refractivity contribution is 0.0997. The largest absolute Gasteiger partial charge is 0.365 e. The van der Waals surface area contributed by atoms with Gasteiger partial charge in [0.1, 0.15) is 5.56 Å². The topological polar surface area (TPSA) is 76.0 Å². The molecule has 0 aromatic carbocycles. The summed E-state index contributed by atoms with van der Waals surface area (Å²) in [5, 5.41) is 0. The van der Waals surface area contributed by atoms with Gasteiger partial charge in [0.05, 0.1) is 0 Å². The van der Waals surface area contributed by atoms with Crippen LogP contribution < -0.4 is 11.3 Å². The molecule has 0 aliphatic heterocycles. The van der Waals surface area contributed by atoms with E-state index in [0.29, 0.717) is 0 Å². The molecule has 1 aromatic rings. The zero-order chi connectivity index (χ0) is 10.9. The lowest BCUT2D eigenvalue weighted by atomic mass is 10.2. The predicted molar refractivity (Wildman–Crippen MR) is 48.2 cm³/mol. The van der Waals surface area contributed by atoms with Gasteiger partial charge < -0.3 is 10.7 Å². The Morgan fingerprint density at radius 2 is 2.14 bits per heavy atom. The van der Waals surface area contributed by atoms with Crippen molar-refractivity contribution in [2.75, 3.05) is 0 Å². The summed E-state index contributed by atoms with van der Waals surface area (Å²) in [5.41, 5.74) is 3.08. The summed E-state index contributed by atoms with van der Waals surface area (Å²) in [6.07, 6.45) is -1.96. The van der Waals surface area contributed by atoms with E-state index in [0.717, 1.165) is 6.20 Å². The number of rotatable bonds is 2. The summed E-state index contributed by atoms with van der Waals surface area (Å²) in [7, 11) is 0. The molecule has 0 spiro atoms. The summed E-state index contributed by atoms with van der Waals surface area (Å²) in [4.78, 5) is 23.8. The summed E-state index contributed by atoms with van der Waals surface area (Å²) >= 11 is 2.73. The van der Waals surface area contributed by atoms with Crippen LogP contribution in [0.2, 0.25) is 0 Å².